The van der Waals surface area contributed by atoms with Gasteiger partial charge < -0.3 is 10.1 Å². The Morgan fingerprint density at radius 2 is 2.00 bits per heavy atom. The molecule has 0 radical (unpaired) electrons. The lowest BCUT2D eigenvalue weighted by Gasteiger charge is -2.19. The molecule has 0 aliphatic rings. The summed E-state index contributed by atoms with van der Waals surface area (Å²) in [5.41, 5.74) is -0.513. The van der Waals surface area contributed by atoms with Crippen molar-refractivity contribution in [1.29, 1.82) is 5.26 Å². The van der Waals surface area contributed by atoms with E-state index in [0.717, 1.165) is 0 Å². The number of rotatable bonds is 5. The Morgan fingerprint density at radius 1 is 1.38 bits per heavy atom. The molecule has 5 nitrogen and oxygen atoms in total. The van der Waals surface area contributed by atoms with Crippen molar-refractivity contribution < 1.29 is 14.3 Å². The first-order chi connectivity index (χ1) is 7.35. The van der Waals surface area contributed by atoms with Crippen molar-refractivity contribution in [3.63, 3.8) is 0 Å². The first kappa shape index (κ1) is 14.4. The number of ether oxygens (including phenoxy) is 1. The van der Waals surface area contributed by atoms with Crippen molar-refractivity contribution in [1.82, 2.24) is 5.32 Å². The number of nitriles is 1. The SMILES string of the molecule is CC(C)(C)OC(=O)NCCCC(=O)CC#N. The summed E-state index contributed by atoms with van der Waals surface area (Å²) in [5, 5.41) is 10.8. The Balaban J connectivity index is 3.57. The molecular formula is C11H18N2O3. The quantitative estimate of drug-likeness (QED) is 0.724. The summed E-state index contributed by atoms with van der Waals surface area (Å²) in [6, 6.07) is 1.79. The van der Waals surface area contributed by atoms with E-state index in [0.29, 0.717) is 19.4 Å². The predicted octanol–water partition coefficient (Wildman–Crippen LogP) is 1.77. The number of Topliss-reactive ketones (excluding diaryl/α,β-unsaturated/α-hetero) is 1. The topological polar surface area (TPSA) is 79.2 Å². The highest BCUT2D eigenvalue weighted by atomic mass is 16.6. The van der Waals surface area contributed by atoms with Crippen LogP contribution < -0.4 is 5.32 Å². The van der Waals surface area contributed by atoms with Gasteiger partial charge in [-0.25, -0.2) is 4.79 Å². The van der Waals surface area contributed by atoms with Crippen LogP contribution in [0, 0.1) is 11.3 Å². The Bertz CT molecular complexity index is 287. The standard InChI is InChI=1S/C11H18N2O3/c1-11(2,3)16-10(15)13-8-4-5-9(14)6-7-12/h4-6,8H2,1-3H3,(H,13,15). The van der Waals surface area contributed by atoms with Gasteiger partial charge in [-0.05, 0) is 27.2 Å². The molecule has 0 unspecified atom stereocenters. The average Bonchev–Trinajstić information content (AvgIpc) is 2.10. The van der Waals surface area contributed by atoms with Gasteiger partial charge in [0.05, 0.1) is 12.5 Å². The number of alkyl carbamates (subject to hydrolysis) is 1. The van der Waals surface area contributed by atoms with Crippen molar-refractivity contribution in [2.45, 2.75) is 45.6 Å². The Labute approximate surface area is 95.8 Å². The average molecular weight is 226 g/mol. The molecule has 90 valence electrons. The monoisotopic (exact) mass is 226 g/mol. The second-order valence-electron chi connectivity index (χ2n) is 4.41. The summed E-state index contributed by atoms with van der Waals surface area (Å²) in [6.45, 7) is 5.72. The molecule has 1 N–H and O–H groups in total. The van der Waals surface area contributed by atoms with E-state index < -0.39 is 11.7 Å². The molecular weight excluding hydrogens is 208 g/mol. The summed E-state index contributed by atoms with van der Waals surface area (Å²) in [6.07, 6.45) is 0.287. The van der Waals surface area contributed by atoms with Gasteiger partial charge in [-0.15, -0.1) is 0 Å². The number of hydrogen-bond donors (Lipinski definition) is 1. The minimum atomic E-state index is -0.513. The van der Waals surface area contributed by atoms with E-state index in [4.69, 9.17) is 10.00 Å². The molecule has 0 atom stereocenters. The van der Waals surface area contributed by atoms with Gasteiger partial charge >= 0.3 is 6.09 Å². The predicted molar refractivity (Wildman–Crippen MR) is 58.7 cm³/mol. The number of hydrogen-bond acceptors (Lipinski definition) is 4. The van der Waals surface area contributed by atoms with Crippen molar-refractivity contribution in [3.8, 4) is 6.07 Å². The van der Waals surface area contributed by atoms with Gasteiger partial charge in [-0.2, -0.15) is 5.26 Å². The van der Waals surface area contributed by atoms with Crippen LogP contribution in [0.4, 0.5) is 4.79 Å². The van der Waals surface area contributed by atoms with Crippen LogP contribution in [0.5, 0.6) is 0 Å². The zero-order chi connectivity index (χ0) is 12.6. The van der Waals surface area contributed by atoms with Crippen LogP contribution in [-0.4, -0.2) is 24.0 Å². The van der Waals surface area contributed by atoms with Gasteiger partial charge in [0.25, 0.3) is 0 Å². The van der Waals surface area contributed by atoms with Gasteiger partial charge in [-0.3, -0.25) is 4.79 Å². The van der Waals surface area contributed by atoms with Gasteiger partial charge in [0, 0.05) is 13.0 Å². The second kappa shape index (κ2) is 6.83. The fourth-order valence-corrected chi connectivity index (χ4v) is 0.967. The molecule has 0 saturated carbocycles. The van der Waals surface area contributed by atoms with E-state index in [1.54, 1.807) is 26.8 Å². The maximum absolute atomic E-state index is 11.2. The first-order valence-corrected chi connectivity index (χ1v) is 5.20. The molecule has 5 heteroatoms. The first-order valence-electron chi connectivity index (χ1n) is 5.20. The fraction of sp³-hybridized carbons (Fsp3) is 0.727. The maximum Gasteiger partial charge on any atom is 0.407 e. The molecule has 0 aromatic rings. The van der Waals surface area contributed by atoms with Crippen molar-refractivity contribution in [3.05, 3.63) is 0 Å². The lowest BCUT2D eigenvalue weighted by molar-refractivity contribution is -0.118. The molecule has 0 rings (SSSR count). The molecule has 0 aromatic heterocycles. The number of carbonyl (C=O) groups is 2. The highest BCUT2D eigenvalue weighted by Gasteiger charge is 2.15. The number of nitrogens with one attached hydrogen (secondary N) is 1. The third-order valence-electron chi connectivity index (χ3n) is 1.58. The number of ketones is 1. The van der Waals surface area contributed by atoms with E-state index in [1.807, 2.05) is 0 Å². The van der Waals surface area contributed by atoms with Gasteiger partial charge in [-0.1, -0.05) is 0 Å². The summed E-state index contributed by atoms with van der Waals surface area (Å²) in [7, 11) is 0. The summed E-state index contributed by atoms with van der Waals surface area (Å²) in [5.74, 6) is -0.103. The van der Waals surface area contributed by atoms with Crippen LogP contribution >= 0.6 is 0 Å². The van der Waals surface area contributed by atoms with Crippen LogP contribution in [0.25, 0.3) is 0 Å². The number of amides is 1. The molecule has 0 bridgehead atoms. The maximum atomic E-state index is 11.2. The highest BCUT2D eigenvalue weighted by molar-refractivity contribution is 5.80. The lowest BCUT2D eigenvalue weighted by Crippen LogP contribution is -2.33. The lowest BCUT2D eigenvalue weighted by atomic mass is 10.2. The molecule has 0 aliphatic carbocycles. The number of nitrogens with zero attached hydrogens (tertiary/aromatic N) is 1. The van der Waals surface area contributed by atoms with Gasteiger partial charge in [0.2, 0.25) is 0 Å². The Morgan fingerprint density at radius 3 is 2.50 bits per heavy atom. The molecule has 0 aliphatic heterocycles. The minimum Gasteiger partial charge on any atom is -0.444 e. The third-order valence-corrected chi connectivity index (χ3v) is 1.58. The third kappa shape index (κ3) is 9.00. The molecule has 0 spiro atoms. The minimum absolute atomic E-state index is 0.0631. The molecule has 1 amide bonds. The normalized spacial score (nSPS) is 10.4. The zero-order valence-corrected chi connectivity index (χ0v) is 10.0. The van der Waals surface area contributed by atoms with Crippen molar-refractivity contribution in [2.24, 2.45) is 0 Å². The van der Waals surface area contributed by atoms with Gasteiger partial charge in [0.1, 0.15) is 11.4 Å². The summed E-state index contributed by atoms with van der Waals surface area (Å²) >= 11 is 0. The molecule has 0 fully saturated rings. The van der Waals surface area contributed by atoms with Crippen molar-refractivity contribution >= 4 is 11.9 Å². The molecule has 0 heterocycles. The van der Waals surface area contributed by atoms with Crippen LogP contribution in [0.15, 0.2) is 0 Å². The fourth-order valence-electron chi connectivity index (χ4n) is 0.967. The second-order valence-corrected chi connectivity index (χ2v) is 4.41. The highest BCUT2D eigenvalue weighted by Crippen LogP contribution is 2.06. The summed E-state index contributed by atoms with van der Waals surface area (Å²) < 4.78 is 5.00. The molecule has 0 aromatic carbocycles. The van der Waals surface area contributed by atoms with Crippen molar-refractivity contribution in [2.75, 3.05) is 6.54 Å². The van der Waals surface area contributed by atoms with E-state index in [1.165, 1.54) is 0 Å². The van der Waals surface area contributed by atoms with Crippen LogP contribution in [0.1, 0.15) is 40.0 Å². The van der Waals surface area contributed by atoms with Crippen LogP contribution in [0.3, 0.4) is 0 Å². The molecule has 0 saturated heterocycles. The van der Waals surface area contributed by atoms with Crippen LogP contribution in [-0.2, 0) is 9.53 Å². The zero-order valence-electron chi connectivity index (χ0n) is 10.0. The number of carbonyl (C=O) groups excluding carboxylic acids is 2. The Hall–Kier alpha value is -1.57. The van der Waals surface area contributed by atoms with E-state index in [9.17, 15) is 9.59 Å². The van der Waals surface area contributed by atoms with E-state index in [-0.39, 0.29) is 12.2 Å². The Kier molecular flexibility index (Phi) is 6.16. The van der Waals surface area contributed by atoms with Gasteiger partial charge in [0.15, 0.2) is 0 Å². The van der Waals surface area contributed by atoms with E-state index in [2.05, 4.69) is 5.32 Å². The van der Waals surface area contributed by atoms with E-state index >= 15 is 0 Å². The van der Waals surface area contributed by atoms with Crippen LogP contribution in [0.2, 0.25) is 0 Å². The summed E-state index contributed by atoms with van der Waals surface area (Å²) in [4.78, 5) is 22.1. The largest absolute Gasteiger partial charge is 0.444 e. The molecule has 16 heavy (non-hydrogen) atoms. The smallest absolute Gasteiger partial charge is 0.407 e.